The lowest BCUT2D eigenvalue weighted by atomic mass is 9.99. The Balaban J connectivity index is 1.56. The number of aromatic nitrogens is 2. The minimum absolute atomic E-state index is 0.103. The fourth-order valence-electron chi connectivity index (χ4n) is 4.14. The van der Waals surface area contributed by atoms with E-state index in [4.69, 9.17) is 0 Å². The predicted molar refractivity (Wildman–Crippen MR) is 110 cm³/mol. The molecule has 1 amide bonds. The van der Waals surface area contributed by atoms with E-state index in [1.54, 1.807) is 11.2 Å². The molecule has 0 atom stereocenters. The number of nitrogens with zero attached hydrogens (tertiary/aromatic N) is 5. The van der Waals surface area contributed by atoms with Crippen LogP contribution in [0.4, 0.5) is 5.82 Å². The molecule has 6 nitrogen and oxygen atoms in total. The smallest absolute Gasteiger partial charge is 0.254 e. The summed E-state index contributed by atoms with van der Waals surface area (Å²) < 4.78 is 0. The molecule has 142 valence electrons. The molecule has 2 aliphatic heterocycles. The van der Waals surface area contributed by atoms with Gasteiger partial charge in [-0.1, -0.05) is 12.1 Å². The van der Waals surface area contributed by atoms with Crippen LogP contribution in [0.2, 0.25) is 0 Å². The first-order valence-corrected chi connectivity index (χ1v) is 9.67. The van der Waals surface area contributed by atoms with Crippen molar-refractivity contribution in [2.24, 2.45) is 0 Å². The zero-order valence-electron chi connectivity index (χ0n) is 16.2. The van der Waals surface area contributed by atoms with Gasteiger partial charge in [-0.25, -0.2) is 9.97 Å². The van der Waals surface area contributed by atoms with Gasteiger partial charge in [0.15, 0.2) is 0 Å². The van der Waals surface area contributed by atoms with Gasteiger partial charge in [-0.3, -0.25) is 4.79 Å². The van der Waals surface area contributed by atoms with Crippen molar-refractivity contribution in [3.8, 4) is 11.1 Å². The van der Waals surface area contributed by atoms with Gasteiger partial charge in [-0.2, -0.15) is 0 Å². The Labute approximate surface area is 164 Å². The quantitative estimate of drug-likeness (QED) is 0.691. The lowest BCUT2D eigenvalue weighted by Crippen LogP contribution is -2.44. The van der Waals surface area contributed by atoms with E-state index < -0.39 is 0 Å². The van der Waals surface area contributed by atoms with E-state index in [1.807, 2.05) is 19.2 Å². The molecule has 1 fully saturated rings. The Bertz CT molecular complexity index is 1070. The lowest BCUT2D eigenvalue weighted by molar-refractivity contribution is 0.0816. The van der Waals surface area contributed by atoms with Crippen LogP contribution in [0.1, 0.15) is 15.9 Å². The second kappa shape index (κ2) is 6.56. The Morgan fingerprint density at radius 2 is 1.64 bits per heavy atom. The van der Waals surface area contributed by atoms with Gasteiger partial charge < -0.3 is 14.7 Å². The second-order valence-electron chi connectivity index (χ2n) is 7.75. The molecule has 6 heteroatoms. The second-order valence-corrected chi connectivity index (χ2v) is 7.75. The highest BCUT2D eigenvalue weighted by Gasteiger charge is 2.24. The summed E-state index contributed by atoms with van der Waals surface area (Å²) in [6.07, 6.45) is 1.66. The van der Waals surface area contributed by atoms with E-state index in [-0.39, 0.29) is 5.91 Å². The molecular formula is C22H23N5O. The van der Waals surface area contributed by atoms with Crippen molar-refractivity contribution >= 4 is 22.6 Å². The van der Waals surface area contributed by atoms with E-state index in [0.29, 0.717) is 6.54 Å². The fourth-order valence-corrected chi connectivity index (χ4v) is 4.14. The van der Waals surface area contributed by atoms with Crippen LogP contribution < -0.4 is 4.90 Å². The van der Waals surface area contributed by atoms with Crippen molar-refractivity contribution < 1.29 is 4.79 Å². The van der Waals surface area contributed by atoms with Crippen LogP contribution in [0.3, 0.4) is 0 Å². The molecule has 1 saturated heterocycles. The third-order valence-electron chi connectivity index (χ3n) is 5.84. The maximum Gasteiger partial charge on any atom is 0.254 e. The van der Waals surface area contributed by atoms with Crippen LogP contribution in [0.15, 0.2) is 42.7 Å². The van der Waals surface area contributed by atoms with E-state index in [0.717, 1.165) is 65.2 Å². The standard InChI is InChI=1S/C22H23N5O/c1-25-7-9-27(10-8-25)21-19-12-16(4-6-20(19)23-14-24-21)15-3-5-18-17(11-15)13-26(2)22(18)28/h3-6,11-12,14H,7-10,13H2,1-2H3. The number of amides is 1. The monoisotopic (exact) mass is 373 g/mol. The molecule has 28 heavy (non-hydrogen) atoms. The van der Waals surface area contributed by atoms with Gasteiger partial charge in [0, 0.05) is 50.7 Å². The number of rotatable bonds is 2. The van der Waals surface area contributed by atoms with Gasteiger partial charge in [0.05, 0.1) is 5.52 Å². The minimum atomic E-state index is 0.103. The van der Waals surface area contributed by atoms with Crippen LogP contribution in [-0.2, 0) is 6.54 Å². The molecule has 0 N–H and O–H groups in total. The van der Waals surface area contributed by atoms with Crippen molar-refractivity contribution in [2.45, 2.75) is 6.54 Å². The van der Waals surface area contributed by atoms with Crippen molar-refractivity contribution in [1.29, 1.82) is 0 Å². The van der Waals surface area contributed by atoms with E-state index in [1.165, 1.54) is 0 Å². The molecule has 3 heterocycles. The Kier molecular flexibility index (Phi) is 4.02. The molecule has 0 radical (unpaired) electrons. The molecule has 0 spiro atoms. The predicted octanol–water partition coefficient (Wildman–Crippen LogP) is 2.63. The summed E-state index contributed by atoms with van der Waals surface area (Å²) in [7, 11) is 4.00. The maximum absolute atomic E-state index is 12.2. The van der Waals surface area contributed by atoms with Crippen LogP contribution in [0, 0.1) is 0 Å². The molecule has 0 aliphatic carbocycles. The number of carbonyl (C=O) groups excluding carboxylic acids is 1. The lowest BCUT2D eigenvalue weighted by Gasteiger charge is -2.33. The first-order valence-electron chi connectivity index (χ1n) is 9.67. The highest BCUT2D eigenvalue weighted by molar-refractivity contribution is 5.99. The Hall–Kier alpha value is -2.99. The number of anilines is 1. The minimum Gasteiger partial charge on any atom is -0.353 e. The third-order valence-corrected chi connectivity index (χ3v) is 5.84. The summed E-state index contributed by atoms with van der Waals surface area (Å²) in [6.45, 7) is 4.70. The molecular weight excluding hydrogens is 350 g/mol. The molecule has 0 unspecified atom stereocenters. The number of fused-ring (bicyclic) bond motifs is 2. The SMILES string of the molecule is CN1CCN(c2ncnc3ccc(-c4ccc5c(c4)CN(C)C5=O)cc23)CC1. The molecule has 2 aromatic carbocycles. The number of likely N-dealkylation sites (N-methyl/N-ethyl adjacent to an activating group) is 1. The van der Waals surface area contributed by atoms with Crippen molar-refractivity contribution in [3.63, 3.8) is 0 Å². The Morgan fingerprint density at radius 1 is 0.893 bits per heavy atom. The van der Waals surface area contributed by atoms with Gasteiger partial charge in [-0.05, 0) is 48.0 Å². The largest absolute Gasteiger partial charge is 0.353 e. The average molecular weight is 373 g/mol. The first-order chi connectivity index (χ1) is 13.6. The summed E-state index contributed by atoms with van der Waals surface area (Å²) in [5, 5.41) is 1.08. The summed E-state index contributed by atoms with van der Waals surface area (Å²) in [5.41, 5.74) is 5.12. The molecule has 5 rings (SSSR count). The van der Waals surface area contributed by atoms with Crippen molar-refractivity contribution in [3.05, 3.63) is 53.9 Å². The fraction of sp³-hybridized carbons (Fsp3) is 0.318. The van der Waals surface area contributed by atoms with Crippen LogP contribution in [0.5, 0.6) is 0 Å². The number of hydrogen-bond donors (Lipinski definition) is 0. The maximum atomic E-state index is 12.2. The summed E-state index contributed by atoms with van der Waals surface area (Å²) in [4.78, 5) is 27.7. The number of piperazine rings is 1. The molecule has 0 bridgehead atoms. The van der Waals surface area contributed by atoms with Gasteiger partial charge in [0.25, 0.3) is 5.91 Å². The number of hydrogen-bond acceptors (Lipinski definition) is 5. The van der Waals surface area contributed by atoms with Gasteiger partial charge >= 0.3 is 0 Å². The number of carbonyl (C=O) groups is 1. The number of benzene rings is 2. The summed E-state index contributed by atoms with van der Waals surface area (Å²) >= 11 is 0. The molecule has 2 aliphatic rings. The van der Waals surface area contributed by atoms with Crippen molar-refractivity contribution in [1.82, 2.24) is 19.8 Å². The Morgan fingerprint density at radius 3 is 2.46 bits per heavy atom. The van der Waals surface area contributed by atoms with E-state index in [2.05, 4.69) is 51.1 Å². The topological polar surface area (TPSA) is 52.6 Å². The van der Waals surface area contributed by atoms with Gasteiger partial charge in [0.2, 0.25) is 0 Å². The highest BCUT2D eigenvalue weighted by Crippen LogP contribution is 2.32. The van der Waals surface area contributed by atoms with E-state index >= 15 is 0 Å². The summed E-state index contributed by atoms with van der Waals surface area (Å²) in [5.74, 6) is 1.11. The third kappa shape index (κ3) is 2.81. The van der Waals surface area contributed by atoms with Crippen LogP contribution in [-0.4, -0.2) is 65.9 Å². The molecule has 3 aromatic rings. The van der Waals surface area contributed by atoms with Crippen LogP contribution in [0.25, 0.3) is 22.0 Å². The van der Waals surface area contributed by atoms with Gasteiger partial charge in [0.1, 0.15) is 12.1 Å². The normalized spacial score (nSPS) is 17.4. The molecule has 1 aromatic heterocycles. The zero-order valence-corrected chi connectivity index (χ0v) is 16.2. The highest BCUT2D eigenvalue weighted by atomic mass is 16.2. The van der Waals surface area contributed by atoms with Crippen molar-refractivity contribution in [2.75, 3.05) is 45.2 Å². The van der Waals surface area contributed by atoms with Crippen LogP contribution >= 0.6 is 0 Å². The van der Waals surface area contributed by atoms with E-state index in [9.17, 15) is 4.79 Å². The van der Waals surface area contributed by atoms with Gasteiger partial charge in [-0.15, -0.1) is 0 Å². The zero-order chi connectivity index (χ0) is 19.3. The average Bonchev–Trinajstić information content (AvgIpc) is 3.01. The first kappa shape index (κ1) is 17.1. The molecule has 0 saturated carbocycles. The summed E-state index contributed by atoms with van der Waals surface area (Å²) in [6, 6.07) is 12.5.